The van der Waals surface area contributed by atoms with Crippen LogP contribution in [0.2, 0.25) is 0 Å². The van der Waals surface area contributed by atoms with Crippen molar-refractivity contribution in [3.05, 3.63) is 42.0 Å². The molecular weight excluding hydrogens is 263 g/mol. The molecule has 0 aliphatic carbocycles. The molecule has 0 amide bonds. The second kappa shape index (κ2) is 4.63. The van der Waals surface area contributed by atoms with Gasteiger partial charge in [-0.1, -0.05) is 0 Å². The molecule has 2 aromatic rings. The number of rotatable bonds is 2. The van der Waals surface area contributed by atoms with Gasteiger partial charge in [-0.15, -0.1) is 0 Å². The first-order valence-electron chi connectivity index (χ1n) is 4.97. The molecule has 0 bridgehead atoms. The average Bonchev–Trinajstić information content (AvgIpc) is 2.38. The van der Waals surface area contributed by atoms with Crippen molar-refractivity contribution >= 4 is 5.97 Å². The van der Waals surface area contributed by atoms with Crippen LogP contribution in [0.5, 0.6) is 0 Å². The number of aromatic carboxylic acids is 1. The maximum Gasteiger partial charge on any atom is 0.434 e. The Bertz CT molecular complexity index is 614. The zero-order chi connectivity index (χ0) is 14.0. The first kappa shape index (κ1) is 12.9. The van der Waals surface area contributed by atoms with Crippen molar-refractivity contribution in [3.8, 4) is 11.4 Å². The van der Waals surface area contributed by atoms with Crippen LogP contribution in [-0.4, -0.2) is 26.0 Å². The number of carbonyl (C=O) groups is 1. The minimum atomic E-state index is -4.86. The van der Waals surface area contributed by atoms with Gasteiger partial charge >= 0.3 is 12.1 Å². The van der Waals surface area contributed by atoms with Gasteiger partial charge in [0.25, 0.3) is 0 Å². The van der Waals surface area contributed by atoms with E-state index in [4.69, 9.17) is 5.11 Å². The van der Waals surface area contributed by atoms with Gasteiger partial charge < -0.3 is 5.11 Å². The second-order valence-electron chi connectivity index (χ2n) is 3.49. The summed E-state index contributed by atoms with van der Waals surface area (Å²) in [4.78, 5) is 21.4. The summed E-state index contributed by atoms with van der Waals surface area (Å²) < 4.78 is 38.2. The van der Waals surface area contributed by atoms with Crippen molar-refractivity contribution in [1.29, 1.82) is 0 Å². The number of alkyl halides is 3. The van der Waals surface area contributed by atoms with Crippen LogP contribution < -0.4 is 0 Å². The molecule has 0 spiro atoms. The lowest BCUT2D eigenvalue weighted by Crippen LogP contribution is -2.16. The van der Waals surface area contributed by atoms with E-state index in [1.165, 1.54) is 24.5 Å². The minimum Gasteiger partial charge on any atom is -0.478 e. The molecule has 2 heterocycles. The standard InChI is InChI=1S/C11H6F3N3O2/c12-11(13,14)8-7(10(18)19)5-16-9(17-8)6-1-3-15-4-2-6/h1-5H,(H,18,19). The van der Waals surface area contributed by atoms with E-state index in [2.05, 4.69) is 15.0 Å². The number of aromatic nitrogens is 3. The number of carboxylic acid groups (broad SMARTS) is 1. The lowest BCUT2D eigenvalue weighted by Gasteiger charge is -2.10. The smallest absolute Gasteiger partial charge is 0.434 e. The number of hydrogen-bond donors (Lipinski definition) is 1. The van der Waals surface area contributed by atoms with Gasteiger partial charge in [0.05, 0.1) is 0 Å². The van der Waals surface area contributed by atoms with Crippen LogP contribution in [-0.2, 0) is 6.18 Å². The fourth-order valence-corrected chi connectivity index (χ4v) is 1.39. The predicted octanol–water partition coefficient (Wildman–Crippen LogP) is 2.26. The van der Waals surface area contributed by atoms with Crippen molar-refractivity contribution in [2.75, 3.05) is 0 Å². The van der Waals surface area contributed by atoms with Gasteiger partial charge in [0.1, 0.15) is 5.56 Å². The van der Waals surface area contributed by atoms with Crippen molar-refractivity contribution in [2.45, 2.75) is 6.18 Å². The van der Waals surface area contributed by atoms with Gasteiger partial charge in [0.2, 0.25) is 0 Å². The van der Waals surface area contributed by atoms with E-state index in [0.29, 0.717) is 11.8 Å². The Balaban J connectivity index is 2.60. The molecule has 0 saturated carbocycles. The van der Waals surface area contributed by atoms with Crippen LogP contribution in [0.3, 0.4) is 0 Å². The number of carboxylic acids is 1. The topological polar surface area (TPSA) is 76.0 Å². The maximum absolute atomic E-state index is 12.7. The van der Waals surface area contributed by atoms with Crippen LogP contribution >= 0.6 is 0 Å². The van der Waals surface area contributed by atoms with E-state index in [-0.39, 0.29) is 5.82 Å². The molecule has 0 atom stereocenters. The Labute approximate surface area is 104 Å². The Morgan fingerprint density at radius 3 is 2.37 bits per heavy atom. The van der Waals surface area contributed by atoms with Gasteiger partial charge in [0.15, 0.2) is 11.5 Å². The van der Waals surface area contributed by atoms with Crippen LogP contribution in [0, 0.1) is 0 Å². The summed E-state index contributed by atoms with van der Waals surface area (Å²) in [6, 6.07) is 2.85. The molecular formula is C11H6F3N3O2. The molecule has 0 unspecified atom stereocenters. The summed E-state index contributed by atoms with van der Waals surface area (Å²) in [6.07, 6.45) is -1.47. The largest absolute Gasteiger partial charge is 0.478 e. The average molecular weight is 269 g/mol. The highest BCUT2D eigenvalue weighted by Crippen LogP contribution is 2.31. The molecule has 5 nitrogen and oxygen atoms in total. The zero-order valence-electron chi connectivity index (χ0n) is 9.22. The molecule has 2 rings (SSSR count). The third-order valence-corrected chi connectivity index (χ3v) is 2.23. The van der Waals surface area contributed by atoms with Gasteiger partial charge in [-0.25, -0.2) is 14.8 Å². The van der Waals surface area contributed by atoms with Gasteiger partial charge in [-0.3, -0.25) is 4.98 Å². The quantitative estimate of drug-likeness (QED) is 0.904. The number of halogens is 3. The molecule has 0 saturated heterocycles. The highest BCUT2D eigenvalue weighted by Gasteiger charge is 2.38. The highest BCUT2D eigenvalue weighted by molar-refractivity contribution is 5.88. The van der Waals surface area contributed by atoms with Crippen molar-refractivity contribution in [3.63, 3.8) is 0 Å². The predicted molar refractivity (Wildman–Crippen MR) is 57.2 cm³/mol. The Morgan fingerprint density at radius 1 is 1.21 bits per heavy atom. The van der Waals surface area contributed by atoms with Gasteiger partial charge in [0, 0.05) is 24.2 Å². The lowest BCUT2D eigenvalue weighted by atomic mass is 10.2. The number of pyridine rings is 1. The highest BCUT2D eigenvalue weighted by atomic mass is 19.4. The molecule has 1 N–H and O–H groups in total. The molecule has 0 fully saturated rings. The van der Waals surface area contributed by atoms with Crippen LogP contribution in [0.1, 0.15) is 16.1 Å². The zero-order valence-corrected chi connectivity index (χ0v) is 9.22. The number of hydrogen-bond acceptors (Lipinski definition) is 4. The van der Waals surface area contributed by atoms with Crippen molar-refractivity contribution < 1.29 is 23.1 Å². The van der Waals surface area contributed by atoms with E-state index in [1.54, 1.807) is 0 Å². The van der Waals surface area contributed by atoms with Gasteiger partial charge in [-0.05, 0) is 12.1 Å². The molecule has 98 valence electrons. The maximum atomic E-state index is 12.7. The lowest BCUT2D eigenvalue weighted by molar-refractivity contribution is -0.141. The summed E-state index contributed by atoms with van der Waals surface area (Å²) in [6.45, 7) is 0. The van der Waals surface area contributed by atoms with Crippen molar-refractivity contribution in [1.82, 2.24) is 15.0 Å². The first-order chi connectivity index (χ1) is 8.89. The Morgan fingerprint density at radius 2 is 1.84 bits per heavy atom. The molecule has 0 aliphatic rings. The van der Waals surface area contributed by atoms with Gasteiger partial charge in [-0.2, -0.15) is 13.2 Å². The van der Waals surface area contributed by atoms with E-state index in [9.17, 15) is 18.0 Å². The normalized spacial score (nSPS) is 11.3. The fourth-order valence-electron chi connectivity index (χ4n) is 1.39. The van der Waals surface area contributed by atoms with Crippen LogP contribution in [0.4, 0.5) is 13.2 Å². The van der Waals surface area contributed by atoms with E-state index >= 15 is 0 Å². The molecule has 19 heavy (non-hydrogen) atoms. The molecule has 8 heteroatoms. The number of nitrogens with zero attached hydrogens (tertiary/aromatic N) is 3. The molecule has 0 aliphatic heterocycles. The summed E-state index contributed by atoms with van der Waals surface area (Å²) >= 11 is 0. The second-order valence-corrected chi connectivity index (χ2v) is 3.49. The third kappa shape index (κ3) is 2.67. The summed E-state index contributed by atoms with van der Waals surface area (Å²) in [5.41, 5.74) is -2.13. The van der Waals surface area contributed by atoms with Crippen molar-refractivity contribution in [2.24, 2.45) is 0 Å². The molecule has 2 aromatic heterocycles. The monoisotopic (exact) mass is 269 g/mol. The third-order valence-electron chi connectivity index (χ3n) is 2.23. The van der Waals surface area contributed by atoms with E-state index < -0.39 is 23.4 Å². The molecule has 0 radical (unpaired) electrons. The van der Waals surface area contributed by atoms with Crippen LogP contribution in [0.15, 0.2) is 30.7 Å². The SMILES string of the molecule is O=C(O)c1cnc(-c2ccncc2)nc1C(F)(F)F. The molecule has 0 aromatic carbocycles. The first-order valence-corrected chi connectivity index (χ1v) is 4.97. The van der Waals surface area contributed by atoms with Crippen LogP contribution in [0.25, 0.3) is 11.4 Å². The van der Waals surface area contributed by atoms with E-state index in [1.807, 2.05) is 0 Å². The van der Waals surface area contributed by atoms with E-state index in [0.717, 1.165) is 0 Å². The Hall–Kier alpha value is -2.51. The Kier molecular flexibility index (Phi) is 3.16. The minimum absolute atomic E-state index is 0.209. The summed E-state index contributed by atoms with van der Waals surface area (Å²) in [7, 11) is 0. The summed E-state index contributed by atoms with van der Waals surface area (Å²) in [5.74, 6) is -1.94. The summed E-state index contributed by atoms with van der Waals surface area (Å²) in [5, 5.41) is 8.70. The fraction of sp³-hybridized carbons (Fsp3) is 0.0909.